The number of carbonyl (C=O) groups is 1. The number of benzene rings is 1. The molecule has 3 heterocycles. The van der Waals surface area contributed by atoms with Crippen LogP contribution in [-0.2, 0) is 16.9 Å². The molecule has 0 radical (unpaired) electrons. The number of nitrogens with zero attached hydrogens (tertiary/aromatic N) is 6. The van der Waals surface area contributed by atoms with Gasteiger partial charge in [0, 0.05) is 39.1 Å². The molecule has 1 aromatic carbocycles. The summed E-state index contributed by atoms with van der Waals surface area (Å²) in [6.07, 6.45) is 1.83. The van der Waals surface area contributed by atoms with Gasteiger partial charge in [0.2, 0.25) is 5.91 Å². The second kappa shape index (κ2) is 8.58. The van der Waals surface area contributed by atoms with Crippen molar-refractivity contribution in [3.63, 3.8) is 0 Å². The quantitative estimate of drug-likeness (QED) is 0.603. The first-order chi connectivity index (χ1) is 15.2. The number of halogens is 1. The third-order valence-corrected chi connectivity index (χ3v) is 6.21. The second-order valence-electron chi connectivity index (χ2n) is 9.15. The summed E-state index contributed by atoms with van der Waals surface area (Å²) >= 11 is 6.31. The highest BCUT2D eigenvalue weighted by Crippen LogP contribution is 2.26. The molecular formula is C23H29ClN6O2. The van der Waals surface area contributed by atoms with E-state index in [-0.39, 0.29) is 23.4 Å². The number of aromatic nitrogens is 4. The minimum atomic E-state index is -0.276. The lowest BCUT2D eigenvalue weighted by molar-refractivity contribution is -0.131. The third-order valence-electron chi connectivity index (χ3n) is 5.89. The zero-order chi connectivity index (χ0) is 23.0. The topological polar surface area (TPSA) is 76.3 Å². The summed E-state index contributed by atoms with van der Waals surface area (Å²) in [7, 11) is 0. The fourth-order valence-electron chi connectivity index (χ4n) is 4.13. The minimum Gasteiger partial charge on any atom is -0.367 e. The number of aryl methyl sites for hydroxylation is 1. The predicted octanol–water partition coefficient (Wildman–Crippen LogP) is 3.05. The Morgan fingerprint density at radius 2 is 1.81 bits per heavy atom. The van der Waals surface area contributed by atoms with E-state index in [0.29, 0.717) is 36.5 Å². The molecule has 1 saturated heterocycles. The van der Waals surface area contributed by atoms with Gasteiger partial charge in [0.25, 0.3) is 5.56 Å². The molecule has 1 fully saturated rings. The van der Waals surface area contributed by atoms with Gasteiger partial charge in [0.1, 0.15) is 11.2 Å². The van der Waals surface area contributed by atoms with E-state index in [1.165, 1.54) is 0 Å². The second-order valence-corrected chi connectivity index (χ2v) is 9.56. The number of hydrogen-bond acceptors (Lipinski definition) is 5. The standard InChI is InChI=1S/C23H29ClN6O2/c1-16-26-21-17(15-25-30(21)23(2,3)4)22(32)29(16)10-9-20(31)28-13-11-27(12-14-28)19-8-6-5-7-18(19)24/h5-8,15H,9-14H2,1-4H3. The van der Waals surface area contributed by atoms with Crippen molar-refractivity contribution in [2.75, 3.05) is 31.1 Å². The first kappa shape index (κ1) is 22.3. The van der Waals surface area contributed by atoms with Crippen LogP contribution in [0.15, 0.2) is 35.3 Å². The van der Waals surface area contributed by atoms with E-state index in [4.69, 9.17) is 11.6 Å². The number of fused-ring (bicyclic) bond motifs is 1. The molecular weight excluding hydrogens is 428 g/mol. The summed E-state index contributed by atoms with van der Waals surface area (Å²) in [6.45, 7) is 10.9. The Kier molecular flexibility index (Phi) is 5.99. The fourth-order valence-corrected chi connectivity index (χ4v) is 4.39. The summed E-state index contributed by atoms with van der Waals surface area (Å²) in [5.41, 5.74) is 1.15. The van der Waals surface area contributed by atoms with Crippen molar-refractivity contribution < 1.29 is 4.79 Å². The molecule has 4 rings (SSSR count). The molecule has 1 aliphatic rings. The zero-order valence-electron chi connectivity index (χ0n) is 19.0. The molecule has 1 amide bonds. The van der Waals surface area contributed by atoms with Crippen LogP contribution in [-0.4, -0.2) is 56.3 Å². The molecule has 0 bridgehead atoms. The number of piperazine rings is 1. The van der Waals surface area contributed by atoms with Gasteiger partial charge >= 0.3 is 0 Å². The number of amides is 1. The van der Waals surface area contributed by atoms with Crippen LogP contribution in [0.4, 0.5) is 5.69 Å². The van der Waals surface area contributed by atoms with E-state index in [0.717, 1.165) is 23.8 Å². The van der Waals surface area contributed by atoms with Gasteiger partial charge in [-0.2, -0.15) is 5.10 Å². The monoisotopic (exact) mass is 456 g/mol. The highest BCUT2D eigenvalue weighted by molar-refractivity contribution is 6.33. The van der Waals surface area contributed by atoms with Gasteiger partial charge in [-0.1, -0.05) is 23.7 Å². The minimum absolute atomic E-state index is 0.0422. The lowest BCUT2D eigenvalue weighted by Crippen LogP contribution is -2.49. The maximum absolute atomic E-state index is 13.0. The predicted molar refractivity (Wildman–Crippen MR) is 126 cm³/mol. The van der Waals surface area contributed by atoms with Crippen LogP contribution < -0.4 is 10.5 Å². The molecule has 3 aromatic rings. The van der Waals surface area contributed by atoms with Crippen LogP contribution in [0.5, 0.6) is 0 Å². The van der Waals surface area contributed by atoms with E-state index in [2.05, 4.69) is 15.0 Å². The van der Waals surface area contributed by atoms with E-state index < -0.39 is 0 Å². The molecule has 0 unspecified atom stereocenters. The maximum atomic E-state index is 13.0. The van der Waals surface area contributed by atoms with Gasteiger partial charge < -0.3 is 9.80 Å². The summed E-state index contributed by atoms with van der Waals surface area (Å²) < 4.78 is 3.35. The first-order valence-electron chi connectivity index (χ1n) is 10.9. The molecule has 0 saturated carbocycles. The zero-order valence-corrected chi connectivity index (χ0v) is 19.8. The summed E-state index contributed by atoms with van der Waals surface area (Å²) in [6, 6.07) is 7.76. The average Bonchev–Trinajstić information content (AvgIpc) is 3.18. The van der Waals surface area contributed by atoms with Crippen molar-refractivity contribution in [1.29, 1.82) is 0 Å². The molecule has 0 N–H and O–H groups in total. The lowest BCUT2D eigenvalue weighted by atomic mass is 10.1. The summed E-state index contributed by atoms with van der Waals surface area (Å²) in [4.78, 5) is 34.6. The van der Waals surface area contributed by atoms with Crippen LogP contribution in [0.25, 0.3) is 11.0 Å². The normalized spacial score (nSPS) is 14.9. The van der Waals surface area contributed by atoms with E-state index in [1.54, 1.807) is 22.4 Å². The van der Waals surface area contributed by atoms with Crippen molar-refractivity contribution in [3.8, 4) is 0 Å². The van der Waals surface area contributed by atoms with Crippen LogP contribution in [0.3, 0.4) is 0 Å². The lowest BCUT2D eigenvalue weighted by Gasteiger charge is -2.36. The molecule has 1 aliphatic heterocycles. The van der Waals surface area contributed by atoms with Gasteiger partial charge in [0.05, 0.1) is 22.4 Å². The van der Waals surface area contributed by atoms with Gasteiger partial charge in [-0.25, -0.2) is 9.67 Å². The van der Waals surface area contributed by atoms with Crippen molar-refractivity contribution >= 4 is 34.2 Å². The number of rotatable bonds is 4. The van der Waals surface area contributed by atoms with Crippen molar-refractivity contribution in [2.45, 2.75) is 46.2 Å². The van der Waals surface area contributed by atoms with Crippen molar-refractivity contribution in [2.24, 2.45) is 0 Å². The highest BCUT2D eigenvalue weighted by Gasteiger charge is 2.24. The first-order valence-corrected chi connectivity index (χ1v) is 11.3. The Bertz CT molecular complexity index is 1200. The van der Waals surface area contributed by atoms with E-state index in [1.807, 2.05) is 49.9 Å². The van der Waals surface area contributed by atoms with Gasteiger partial charge in [-0.3, -0.25) is 14.2 Å². The Hall–Kier alpha value is -2.87. The highest BCUT2D eigenvalue weighted by atomic mass is 35.5. The Labute approximate surface area is 192 Å². The summed E-state index contributed by atoms with van der Waals surface area (Å²) in [5.74, 6) is 0.630. The van der Waals surface area contributed by atoms with Gasteiger partial charge in [-0.15, -0.1) is 0 Å². The van der Waals surface area contributed by atoms with Crippen LogP contribution in [0.1, 0.15) is 33.0 Å². The van der Waals surface area contributed by atoms with Gasteiger partial charge in [-0.05, 0) is 39.8 Å². The molecule has 32 heavy (non-hydrogen) atoms. The van der Waals surface area contributed by atoms with Crippen LogP contribution >= 0.6 is 11.6 Å². The molecule has 2 aromatic heterocycles. The van der Waals surface area contributed by atoms with Crippen LogP contribution in [0, 0.1) is 6.92 Å². The Morgan fingerprint density at radius 3 is 2.47 bits per heavy atom. The Balaban J connectivity index is 1.42. The maximum Gasteiger partial charge on any atom is 0.264 e. The molecule has 8 nitrogen and oxygen atoms in total. The smallest absolute Gasteiger partial charge is 0.264 e. The van der Waals surface area contributed by atoms with Gasteiger partial charge in [0.15, 0.2) is 5.65 Å². The molecule has 0 atom stereocenters. The number of carbonyl (C=O) groups excluding carboxylic acids is 1. The molecule has 0 spiro atoms. The van der Waals surface area contributed by atoms with E-state index >= 15 is 0 Å². The largest absolute Gasteiger partial charge is 0.367 e. The third kappa shape index (κ3) is 4.24. The SMILES string of the molecule is Cc1nc2c(cnn2C(C)(C)C)c(=O)n1CCC(=O)N1CCN(c2ccccc2Cl)CC1. The van der Waals surface area contributed by atoms with E-state index in [9.17, 15) is 9.59 Å². The molecule has 9 heteroatoms. The molecule has 0 aliphatic carbocycles. The summed E-state index contributed by atoms with van der Waals surface area (Å²) in [5, 5.41) is 5.57. The van der Waals surface area contributed by atoms with Crippen molar-refractivity contribution in [1.82, 2.24) is 24.2 Å². The van der Waals surface area contributed by atoms with Crippen molar-refractivity contribution in [3.05, 3.63) is 51.7 Å². The fraction of sp³-hybridized carbons (Fsp3) is 0.478. The number of hydrogen-bond donors (Lipinski definition) is 0. The number of para-hydroxylation sites is 1. The average molecular weight is 457 g/mol. The Morgan fingerprint density at radius 1 is 1.12 bits per heavy atom. The number of anilines is 1. The molecule has 170 valence electrons. The van der Waals surface area contributed by atoms with Crippen LogP contribution in [0.2, 0.25) is 5.02 Å².